The molecule has 0 spiro atoms. The van der Waals surface area contributed by atoms with Crippen molar-refractivity contribution in [3.05, 3.63) is 72.8 Å². The van der Waals surface area contributed by atoms with Crippen LogP contribution in [-0.2, 0) is 9.59 Å². The van der Waals surface area contributed by atoms with Gasteiger partial charge in [0.2, 0.25) is 23.0 Å². The summed E-state index contributed by atoms with van der Waals surface area (Å²) in [5.41, 5.74) is -5.62. The number of carbonyl (C=O) groups is 2. The number of rotatable bonds is 14. The normalized spacial score (nSPS) is 9.19. The fraction of sp³-hybridized carbons (Fsp3) is 0.125. The molecule has 0 amide bonds. The Morgan fingerprint density at radius 1 is 0.553 bits per heavy atom. The van der Waals surface area contributed by atoms with E-state index in [0.29, 0.717) is 12.1 Å². The van der Waals surface area contributed by atoms with Crippen molar-refractivity contribution >= 4 is 181 Å². The molecular formula is C16H10Ba3N6O22+6. The van der Waals surface area contributed by atoms with Crippen LogP contribution in [0.4, 0.5) is 22.7 Å². The van der Waals surface area contributed by atoms with E-state index in [1.165, 1.54) is 0 Å². The molecule has 4 N–H and O–H groups in total. The molecule has 0 heterocycles. The van der Waals surface area contributed by atoms with Crippen molar-refractivity contribution in [2.45, 2.75) is 0 Å². The Morgan fingerprint density at radius 2 is 0.809 bits per heavy atom. The van der Waals surface area contributed by atoms with Gasteiger partial charge in [-0.05, 0) is 0 Å². The molecule has 0 unspecified atom stereocenters. The van der Waals surface area contributed by atoms with Crippen molar-refractivity contribution in [2.75, 3.05) is 13.2 Å². The van der Waals surface area contributed by atoms with Crippen LogP contribution in [0.3, 0.4) is 0 Å². The first-order valence-corrected chi connectivity index (χ1v) is 10.0. The van der Waals surface area contributed by atoms with Crippen molar-refractivity contribution in [1.29, 1.82) is 0 Å². The Bertz CT molecular complexity index is 1470. The third-order valence-electron chi connectivity index (χ3n) is 4.11. The Balaban J connectivity index is -0.000000774. The van der Waals surface area contributed by atoms with Gasteiger partial charge < -0.3 is 29.9 Å². The number of hydrogen-bond acceptors (Lipinski definition) is 20. The summed E-state index contributed by atoms with van der Waals surface area (Å²) < 4.78 is 8.94. The topological polar surface area (TPSA) is 411 Å². The number of ether oxygens (including phenoxy) is 2. The van der Waals surface area contributed by atoms with Crippen LogP contribution in [0.5, 0.6) is 34.5 Å². The van der Waals surface area contributed by atoms with E-state index < -0.39 is 112 Å². The SMILES string of the molecule is O=C(O)COc1cc(O)c([N+](=O)[O-])c(O[N+](=O)[O-])c1[N+](=O)[O-].O=C(O)COc1cc(O)c([N+](=O)[O-])c(O[N+](=O)[O-])c1[N+](=O)[O-].[Ba+2].[Ba+2].[Ba+2]. The summed E-state index contributed by atoms with van der Waals surface area (Å²) in [5, 5.41) is 96.6. The van der Waals surface area contributed by atoms with E-state index in [9.17, 15) is 80.5 Å². The molecule has 0 fully saturated rings. The minimum Gasteiger partial charge on any atom is -0.502 e. The Labute approximate surface area is 374 Å². The van der Waals surface area contributed by atoms with Gasteiger partial charge in [-0.3, -0.25) is 50.1 Å². The molecule has 0 saturated heterocycles. The Hall–Kier alpha value is -2.71. The molecular weight excluding hydrogens is 1040 g/mol. The number of nitro groups is 4. The number of hydrogen-bond donors (Lipinski definition) is 4. The molecule has 2 aromatic carbocycles. The van der Waals surface area contributed by atoms with Crippen LogP contribution >= 0.6 is 0 Å². The fourth-order valence-electron chi connectivity index (χ4n) is 2.72. The summed E-state index contributed by atoms with van der Waals surface area (Å²) in [6.45, 7) is -2.20. The van der Waals surface area contributed by atoms with Crippen molar-refractivity contribution in [3.8, 4) is 34.5 Å². The first kappa shape index (κ1) is 48.7. The number of nitrogens with zero attached hydrogens (tertiary/aromatic N) is 6. The van der Waals surface area contributed by atoms with Gasteiger partial charge in [-0.2, -0.15) is 0 Å². The van der Waals surface area contributed by atoms with Gasteiger partial charge >= 0.3 is 181 Å². The maximum Gasteiger partial charge on any atom is 2.00 e. The minimum absolute atomic E-state index is 0. The summed E-state index contributed by atoms with van der Waals surface area (Å²) in [6, 6.07) is 0.762. The number of aromatic hydroxyl groups is 2. The molecule has 0 atom stereocenters. The number of phenolic OH excluding ortho intramolecular Hbond substituents is 2. The first-order chi connectivity index (χ1) is 20.3. The van der Waals surface area contributed by atoms with E-state index in [2.05, 4.69) is 19.1 Å². The van der Waals surface area contributed by atoms with Crippen LogP contribution in [0.25, 0.3) is 0 Å². The van der Waals surface area contributed by atoms with Crippen LogP contribution in [0.15, 0.2) is 12.1 Å². The summed E-state index contributed by atoms with van der Waals surface area (Å²) in [7, 11) is 0. The minimum atomic E-state index is -1.57. The molecule has 0 aliphatic carbocycles. The molecule has 31 heteroatoms. The average molecular weight is 1050 g/mol. The third kappa shape index (κ3) is 14.5. The van der Waals surface area contributed by atoms with Gasteiger partial charge in [-0.25, -0.2) is 9.59 Å². The van der Waals surface area contributed by atoms with Crippen LogP contribution in [0, 0.1) is 60.7 Å². The summed E-state index contributed by atoms with van der Waals surface area (Å²) >= 11 is 0. The maximum absolute atomic E-state index is 10.9. The van der Waals surface area contributed by atoms with Crippen molar-refractivity contribution in [3.63, 3.8) is 0 Å². The standard InChI is InChI=1S/2C8H5N3O11.3Ba/c2*12-3-1-4(21-2-5(13)14)7(10(17)18)8(22-11(19)20)6(3)9(15)16;;;/h2*1,12H,2H2,(H,13,14);;;/q;;3*+2. The predicted molar refractivity (Wildman–Crippen MR) is 142 cm³/mol. The van der Waals surface area contributed by atoms with Crippen molar-refractivity contribution in [1.82, 2.24) is 0 Å². The van der Waals surface area contributed by atoms with Crippen LogP contribution in [-0.4, -0.2) is 222 Å². The van der Waals surface area contributed by atoms with E-state index >= 15 is 0 Å². The first-order valence-electron chi connectivity index (χ1n) is 10.0. The van der Waals surface area contributed by atoms with Gasteiger partial charge in [-0.15, -0.1) is 20.2 Å². The molecule has 0 radical (unpaired) electrons. The summed E-state index contributed by atoms with van der Waals surface area (Å²) in [4.78, 5) is 87.0. The zero-order valence-electron chi connectivity index (χ0n) is 22.5. The Morgan fingerprint density at radius 3 is 1.00 bits per heavy atom. The van der Waals surface area contributed by atoms with E-state index in [-0.39, 0.29) is 147 Å². The summed E-state index contributed by atoms with van der Waals surface area (Å²) in [6.07, 6.45) is 0. The number of aliphatic carboxylic acids is 2. The molecule has 2 aromatic rings. The van der Waals surface area contributed by atoms with E-state index in [1.807, 2.05) is 0 Å². The molecule has 0 aliphatic heterocycles. The zero-order valence-corrected chi connectivity index (χ0v) is 35.8. The Kier molecular flexibility index (Phi) is 22.8. The maximum atomic E-state index is 10.9. The van der Waals surface area contributed by atoms with Crippen LogP contribution in [0.1, 0.15) is 0 Å². The molecule has 0 bridgehead atoms. The number of phenols is 2. The number of carboxylic acids is 2. The molecule has 0 aliphatic rings. The second-order valence-electron chi connectivity index (χ2n) is 6.86. The molecule has 0 saturated carbocycles. The quantitative estimate of drug-likeness (QED) is 0.104. The van der Waals surface area contributed by atoms with Gasteiger partial charge in [-0.1, -0.05) is 0 Å². The van der Waals surface area contributed by atoms with Gasteiger partial charge in [0.25, 0.3) is 21.7 Å². The monoisotopic (exact) mass is 1050 g/mol. The zero-order chi connectivity index (χ0) is 34.0. The number of benzene rings is 2. The van der Waals surface area contributed by atoms with Crippen molar-refractivity contribution < 1.29 is 79.0 Å². The molecule has 47 heavy (non-hydrogen) atoms. The molecule has 2 rings (SSSR count). The van der Waals surface area contributed by atoms with E-state index in [0.717, 1.165) is 0 Å². The molecule has 28 nitrogen and oxygen atoms in total. The average Bonchev–Trinajstić information content (AvgIpc) is 2.84. The fourth-order valence-corrected chi connectivity index (χ4v) is 2.72. The van der Waals surface area contributed by atoms with Gasteiger partial charge in [0, 0.05) is 12.1 Å². The number of carboxylic acid groups (broad SMARTS) is 2. The van der Waals surface area contributed by atoms with Gasteiger partial charge in [0.15, 0.2) is 13.2 Å². The predicted octanol–water partition coefficient (Wildman–Crippen LogP) is -0.657. The molecule has 0 aromatic heterocycles. The van der Waals surface area contributed by atoms with Gasteiger partial charge in [0.05, 0.1) is 19.7 Å². The third-order valence-corrected chi connectivity index (χ3v) is 4.11. The van der Waals surface area contributed by atoms with E-state index in [4.69, 9.17) is 10.2 Å². The van der Waals surface area contributed by atoms with E-state index in [1.54, 1.807) is 0 Å². The second kappa shape index (κ2) is 22.0. The second-order valence-corrected chi connectivity index (χ2v) is 6.86. The van der Waals surface area contributed by atoms with Crippen LogP contribution in [0.2, 0.25) is 0 Å². The summed E-state index contributed by atoms with van der Waals surface area (Å²) in [5.74, 6) is -10.5. The van der Waals surface area contributed by atoms with Crippen LogP contribution < -0.4 is 19.1 Å². The molecule has 236 valence electrons. The van der Waals surface area contributed by atoms with Gasteiger partial charge in [0.1, 0.15) is 0 Å². The number of nitro benzene ring substituents is 4. The van der Waals surface area contributed by atoms with Crippen molar-refractivity contribution in [2.24, 2.45) is 0 Å². The smallest absolute Gasteiger partial charge is 0.502 e. The largest absolute Gasteiger partial charge is 2.00 e.